The zero-order valence-corrected chi connectivity index (χ0v) is 17.6. The Morgan fingerprint density at radius 2 is 2.08 bits per heavy atom. The number of hydrogen-bond acceptors (Lipinski definition) is 3. The smallest absolute Gasteiger partial charge is 0.306 e. The summed E-state index contributed by atoms with van der Waals surface area (Å²) < 4.78 is 18.6. The van der Waals surface area contributed by atoms with E-state index in [1.807, 2.05) is 13.0 Å². The molecule has 1 fully saturated rings. The number of guanidine groups is 1. The van der Waals surface area contributed by atoms with Crippen molar-refractivity contribution in [3.8, 4) is 0 Å². The molecule has 0 saturated heterocycles. The van der Waals surface area contributed by atoms with E-state index in [1.54, 1.807) is 6.07 Å². The second-order valence-electron chi connectivity index (χ2n) is 6.25. The molecule has 0 amide bonds. The van der Waals surface area contributed by atoms with Crippen LogP contribution in [0.2, 0.25) is 0 Å². The summed E-state index contributed by atoms with van der Waals surface area (Å²) in [5, 5.41) is 6.34. The lowest BCUT2D eigenvalue weighted by molar-refractivity contribution is -0.148. The lowest BCUT2D eigenvalue weighted by Gasteiger charge is -2.13. The van der Waals surface area contributed by atoms with Gasteiger partial charge in [-0.25, -0.2) is 9.38 Å². The van der Waals surface area contributed by atoms with Gasteiger partial charge in [0.25, 0.3) is 0 Å². The second kappa shape index (κ2) is 12.9. The van der Waals surface area contributed by atoms with Gasteiger partial charge in [-0.3, -0.25) is 4.79 Å². The van der Waals surface area contributed by atoms with Gasteiger partial charge in [0.05, 0.1) is 6.54 Å². The predicted octanol–water partition coefficient (Wildman–Crippen LogP) is 3.76. The zero-order valence-electron chi connectivity index (χ0n) is 15.3. The number of nitrogens with one attached hydrogen (secondary N) is 2. The summed E-state index contributed by atoms with van der Waals surface area (Å²) in [4.78, 5) is 16.2. The molecule has 0 bridgehead atoms. The van der Waals surface area contributed by atoms with E-state index < -0.39 is 0 Å². The standard InChI is InChI=1S/C19H28FN3O2.HI/c1-2-21-19(23-14-15-7-5-8-16(20)13-15)22-12-6-11-18(24)25-17-9-3-4-10-17;/h5,7-8,13,17H,2-4,6,9-12,14H2,1H3,(H2,21,22,23);1H. The van der Waals surface area contributed by atoms with Gasteiger partial charge in [0.1, 0.15) is 11.9 Å². The maximum Gasteiger partial charge on any atom is 0.306 e. The van der Waals surface area contributed by atoms with Crippen molar-refractivity contribution in [1.29, 1.82) is 0 Å². The number of esters is 1. The predicted molar refractivity (Wildman–Crippen MR) is 112 cm³/mol. The van der Waals surface area contributed by atoms with Crippen LogP contribution in [0.1, 0.15) is 51.0 Å². The van der Waals surface area contributed by atoms with Gasteiger partial charge >= 0.3 is 5.97 Å². The van der Waals surface area contributed by atoms with Crippen molar-refractivity contribution >= 4 is 35.9 Å². The summed E-state index contributed by atoms with van der Waals surface area (Å²) in [5.41, 5.74) is 0.817. The molecule has 0 aromatic heterocycles. The molecule has 0 atom stereocenters. The molecule has 5 nitrogen and oxygen atoms in total. The van der Waals surface area contributed by atoms with Crippen LogP contribution >= 0.6 is 24.0 Å². The highest BCUT2D eigenvalue weighted by Gasteiger charge is 2.18. The van der Waals surface area contributed by atoms with E-state index in [2.05, 4.69) is 15.6 Å². The van der Waals surface area contributed by atoms with Crippen LogP contribution in [0.3, 0.4) is 0 Å². The van der Waals surface area contributed by atoms with E-state index in [1.165, 1.54) is 12.1 Å². The highest BCUT2D eigenvalue weighted by Crippen LogP contribution is 2.21. The van der Waals surface area contributed by atoms with Crippen LogP contribution in [0.15, 0.2) is 29.3 Å². The molecule has 0 unspecified atom stereocenters. The molecule has 7 heteroatoms. The summed E-state index contributed by atoms with van der Waals surface area (Å²) >= 11 is 0. The summed E-state index contributed by atoms with van der Waals surface area (Å²) in [6.07, 6.45) is 5.55. The van der Waals surface area contributed by atoms with Crippen molar-refractivity contribution in [2.75, 3.05) is 13.1 Å². The summed E-state index contributed by atoms with van der Waals surface area (Å²) in [6.45, 7) is 3.75. The van der Waals surface area contributed by atoms with E-state index >= 15 is 0 Å². The Labute approximate surface area is 172 Å². The van der Waals surface area contributed by atoms with Crippen LogP contribution < -0.4 is 10.6 Å². The first-order chi connectivity index (χ1) is 12.2. The van der Waals surface area contributed by atoms with Gasteiger partial charge in [-0.05, 0) is 56.7 Å². The van der Waals surface area contributed by atoms with Crippen molar-refractivity contribution in [3.63, 3.8) is 0 Å². The number of carbonyl (C=O) groups is 1. The summed E-state index contributed by atoms with van der Waals surface area (Å²) in [5.74, 6) is 0.290. The first-order valence-corrected chi connectivity index (χ1v) is 9.13. The SMILES string of the molecule is CCNC(=NCc1cccc(F)c1)NCCCC(=O)OC1CCCC1.I. The minimum absolute atomic E-state index is 0. The Morgan fingerprint density at radius 1 is 1.31 bits per heavy atom. The Kier molecular flexibility index (Phi) is 11.2. The fraction of sp³-hybridized carbons (Fsp3) is 0.579. The number of benzene rings is 1. The molecular weight excluding hydrogens is 448 g/mol. The van der Waals surface area contributed by atoms with E-state index in [0.717, 1.165) is 37.8 Å². The lowest BCUT2D eigenvalue weighted by atomic mass is 10.2. The molecule has 0 aliphatic heterocycles. The topological polar surface area (TPSA) is 62.7 Å². The molecule has 146 valence electrons. The average molecular weight is 477 g/mol. The van der Waals surface area contributed by atoms with Crippen LogP contribution in [-0.2, 0) is 16.1 Å². The number of nitrogens with zero attached hydrogens (tertiary/aromatic N) is 1. The molecule has 0 radical (unpaired) electrons. The molecular formula is C19H29FIN3O2. The normalized spacial score (nSPS) is 14.6. The van der Waals surface area contributed by atoms with Gasteiger partial charge in [0.2, 0.25) is 0 Å². The van der Waals surface area contributed by atoms with Crippen molar-refractivity contribution < 1.29 is 13.9 Å². The van der Waals surface area contributed by atoms with Crippen molar-refractivity contribution in [1.82, 2.24) is 10.6 Å². The lowest BCUT2D eigenvalue weighted by Crippen LogP contribution is -2.37. The van der Waals surface area contributed by atoms with Gasteiger partial charge in [-0.1, -0.05) is 12.1 Å². The Balaban J connectivity index is 0.00000338. The third-order valence-corrected chi connectivity index (χ3v) is 4.10. The van der Waals surface area contributed by atoms with Crippen LogP contribution in [0.25, 0.3) is 0 Å². The van der Waals surface area contributed by atoms with E-state index in [-0.39, 0.29) is 41.9 Å². The molecule has 1 aromatic rings. The Hall–Kier alpha value is -1.38. The van der Waals surface area contributed by atoms with Crippen molar-refractivity contribution in [2.24, 2.45) is 4.99 Å². The quantitative estimate of drug-likeness (QED) is 0.197. The third kappa shape index (κ3) is 8.82. The molecule has 0 spiro atoms. The fourth-order valence-corrected chi connectivity index (χ4v) is 2.84. The molecule has 2 N–H and O–H groups in total. The maximum absolute atomic E-state index is 13.2. The number of ether oxygens (including phenoxy) is 1. The molecule has 1 aliphatic rings. The Morgan fingerprint density at radius 3 is 2.77 bits per heavy atom. The Bertz CT molecular complexity index is 578. The monoisotopic (exact) mass is 477 g/mol. The zero-order chi connectivity index (χ0) is 17.9. The number of hydrogen-bond donors (Lipinski definition) is 2. The van der Waals surface area contributed by atoms with Crippen LogP contribution in [0.4, 0.5) is 4.39 Å². The van der Waals surface area contributed by atoms with Crippen molar-refractivity contribution in [3.05, 3.63) is 35.6 Å². The maximum atomic E-state index is 13.2. The first kappa shape index (κ1) is 22.7. The molecule has 0 heterocycles. The number of rotatable bonds is 8. The molecule has 1 saturated carbocycles. The number of aliphatic imine (C=N–C) groups is 1. The third-order valence-electron chi connectivity index (χ3n) is 4.10. The van der Waals surface area contributed by atoms with Gasteiger partial charge in [-0.2, -0.15) is 0 Å². The van der Waals surface area contributed by atoms with Gasteiger partial charge in [-0.15, -0.1) is 24.0 Å². The molecule has 1 aliphatic carbocycles. The van der Waals surface area contributed by atoms with Crippen molar-refractivity contribution in [2.45, 2.75) is 58.1 Å². The van der Waals surface area contributed by atoms with E-state index in [0.29, 0.717) is 31.9 Å². The number of carbonyl (C=O) groups excluding carboxylic acids is 1. The fourth-order valence-electron chi connectivity index (χ4n) is 2.84. The van der Waals surface area contributed by atoms with Gasteiger partial charge in [0, 0.05) is 19.5 Å². The highest BCUT2D eigenvalue weighted by atomic mass is 127. The van der Waals surface area contributed by atoms with Crippen LogP contribution in [0, 0.1) is 5.82 Å². The average Bonchev–Trinajstić information content (AvgIpc) is 3.09. The van der Waals surface area contributed by atoms with Crippen LogP contribution in [-0.4, -0.2) is 31.1 Å². The summed E-state index contributed by atoms with van der Waals surface area (Å²) in [6, 6.07) is 6.42. The van der Waals surface area contributed by atoms with Crippen LogP contribution in [0.5, 0.6) is 0 Å². The number of halogens is 2. The molecule has 1 aromatic carbocycles. The van der Waals surface area contributed by atoms with Gasteiger partial charge < -0.3 is 15.4 Å². The minimum atomic E-state index is -0.258. The molecule has 2 rings (SSSR count). The minimum Gasteiger partial charge on any atom is -0.462 e. The van der Waals surface area contributed by atoms with E-state index in [9.17, 15) is 9.18 Å². The van der Waals surface area contributed by atoms with Gasteiger partial charge in [0.15, 0.2) is 5.96 Å². The molecule has 26 heavy (non-hydrogen) atoms. The summed E-state index contributed by atoms with van der Waals surface area (Å²) in [7, 11) is 0. The van der Waals surface area contributed by atoms with E-state index in [4.69, 9.17) is 4.74 Å². The second-order valence-corrected chi connectivity index (χ2v) is 6.25. The highest BCUT2D eigenvalue weighted by molar-refractivity contribution is 14.0. The largest absolute Gasteiger partial charge is 0.462 e. The first-order valence-electron chi connectivity index (χ1n) is 9.13.